The van der Waals surface area contributed by atoms with E-state index in [0.29, 0.717) is 0 Å². The fourth-order valence-corrected chi connectivity index (χ4v) is 1.99. The molecule has 21 heavy (non-hydrogen) atoms. The topological polar surface area (TPSA) is 70.5 Å². The zero-order chi connectivity index (χ0) is 15.6. The third-order valence-electron chi connectivity index (χ3n) is 2.84. The minimum atomic E-state index is -1.17. The number of carboxylic acids is 1. The van der Waals surface area contributed by atoms with E-state index in [9.17, 15) is 14.0 Å². The van der Waals surface area contributed by atoms with E-state index in [1.54, 1.807) is 12.1 Å². The maximum absolute atomic E-state index is 13.2. The molecule has 0 bridgehead atoms. The molecule has 5 nitrogen and oxygen atoms in total. The summed E-state index contributed by atoms with van der Waals surface area (Å²) in [6, 6.07) is 6.94. The molecule has 0 saturated heterocycles. The molecule has 108 valence electrons. The van der Waals surface area contributed by atoms with Crippen LogP contribution in [0.5, 0.6) is 0 Å². The Bertz CT molecular complexity index is 721. The van der Waals surface area contributed by atoms with Gasteiger partial charge in [-0.05, 0) is 18.2 Å². The van der Waals surface area contributed by atoms with Crippen LogP contribution in [-0.4, -0.2) is 29.0 Å². The van der Waals surface area contributed by atoms with Gasteiger partial charge in [0.1, 0.15) is 11.0 Å². The number of benzene rings is 1. The minimum absolute atomic E-state index is 0.0474. The molecule has 1 N–H and O–H groups in total. The normalized spacial score (nSPS) is 10.2. The van der Waals surface area contributed by atoms with Crippen molar-refractivity contribution >= 4 is 29.2 Å². The van der Waals surface area contributed by atoms with Gasteiger partial charge in [-0.1, -0.05) is 23.7 Å². The number of para-hydroxylation sites is 1. The van der Waals surface area contributed by atoms with Crippen molar-refractivity contribution < 1.29 is 19.1 Å². The Kier molecular flexibility index (Phi) is 4.18. The molecule has 0 fully saturated rings. The molecule has 0 spiro atoms. The summed E-state index contributed by atoms with van der Waals surface area (Å²) in [5.74, 6) is -2.53. The highest BCUT2D eigenvalue weighted by atomic mass is 35.5. The smallest absolute Gasteiger partial charge is 0.337 e. The number of aromatic nitrogens is 1. The van der Waals surface area contributed by atoms with E-state index >= 15 is 0 Å². The second kappa shape index (κ2) is 5.88. The number of nitrogens with zero attached hydrogens (tertiary/aromatic N) is 2. The molecule has 0 atom stereocenters. The molecule has 0 saturated carbocycles. The highest BCUT2D eigenvalue weighted by Gasteiger charge is 2.21. The van der Waals surface area contributed by atoms with Crippen LogP contribution in [0.15, 0.2) is 36.5 Å². The van der Waals surface area contributed by atoms with E-state index in [4.69, 9.17) is 16.7 Å². The molecule has 0 aliphatic carbocycles. The lowest BCUT2D eigenvalue weighted by molar-refractivity contribution is 0.0697. The molecule has 0 radical (unpaired) electrons. The highest BCUT2D eigenvalue weighted by Crippen LogP contribution is 2.23. The van der Waals surface area contributed by atoms with Crippen LogP contribution in [0, 0.1) is 5.82 Å². The number of carbonyl (C=O) groups excluding carboxylic acids is 1. The van der Waals surface area contributed by atoms with Gasteiger partial charge in [-0.15, -0.1) is 0 Å². The van der Waals surface area contributed by atoms with E-state index in [1.807, 2.05) is 0 Å². The molecule has 2 rings (SSSR count). The first-order valence-corrected chi connectivity index (χ1v) is 6.21. The van der Waals surface area contributed by atoms with Gasteiger partial charge in [0.2, 0.25) is 0 Å². The molecule has 0 unspecified atom stereocenters. The van der Waals surface area contributed by atoms with Crippen LogP contribution in [0.2, 0.25) is 5.15 Å². The third kappa shape index (κ3) is 3.00. The summed E-state index contributed by atoms with van der Waals surface area (Å²) >= 11 is 5.78. The Hall–Kier alpha value is -2.47. The lowest BCUT2D eigenvalue weighted by atomic mass is 10.1. The number of rotatable bonds is 3. The van der Waals surface area contributed by atoms with Gasteiger partial charge < -0.3 is 10.0 Å². The van der Waals surface area contributed by atoms with Crippen molar-refractivity contribution in [2.75, 3.05) is 11.9 Å². The van der Waals surface area contributed by atoms with Crippen molar-refractivity contribution in [3.05, 3.63) is 58.6 Å². The summed E-state index contributed by atoms with van der Waals surface area (Å²) < 4.78 is 13.2. The van der Waals surface area contributed by atoms with Gasteiger partial charge in [0.25, 0.3) is 5.91 Å². The standard InChI is InChI=1S/C14H10ClFN2O3/c1-18(11-5-3-2-4-9(11)14(20)21)13(19)10-6-8(16)7-17-12(10)15/h2-7H,1H3,(H,20,21). The molecule has 1 amide bonds. The zero-order valence-corrected chi connectivity index (χ0v) is 11.6. The Morgan fingerprint density at radius 1 is 1.29 bits per heavy atom. The van der Waals surface area contributed by atoms with Crippen molar-refractivity contribution in [1.82, 2.24) is 4.98 Å². The number of pyridine rings is 1. The van der Waals surface area contributed by atoms with Crippen LogP contribution in [0.1, 0.15) is 20.7 Å². The van der Waals surface area contributed by atoms with Crippen LogP contribution in [0.3, 0.4) is 0 Å². The molecular weight excluding hydrogens is 299 g/mol. The van der Waals surface area contributed by atoms with E-state index in [-0.39, 0.29) is 22.0 Å². The first-order valence-electron chi connectivity index (χ1n) is 5.83. The average Bonchev–Trinajstić information content (AvgIpc) is 2.48. The summed E-state index contributed by atoms with van der Waals surface area (Å²) in [6.45, 7) is 0. The SMILES string of the molecule is CN(C(=O)c1cc(F)cnc1Cl)c1ccccc1C(=O)O. The van der Waals surface area contributed by atoms with Crippen LogP contribution in [-0.2, 0) is 0 Å². The van der Waals surface area contributed by atoms with Crippen LogP contribution in [0.25, 0.3) is 0 Å². The quantitative estimate of drug-likeness (QED) is 0.885. The van der Waals surface area contributed by atoms with Crippen molar-refractivity contribution in [2.24, 2.45) is 0 Å². The van der Waals surface area contributed by atoms with Crippen molar-refractivity contribution in [1.29, 1.82) is 0 Å². The lowest BCUT2D eigenvalue weighted by Gasteiger charge is -2.19. The Morgan fingerprint density at radius 2 is 1.95 bits per heavy atom. The van der Waals surface area contributed by atoms with Gasteiger partial charge in [-0.3, -0.25) is 4.79 Å². The molecule has 1 aromatic heterocycles. The second-order valence-corrected chi connectivity index (χ2v) is 4.54. The number of carboxylic acid groups (broad SMARTS) is 1. The van der Waals surface area contributed by atoms with Crippen molar-refractivity contribution in [2.45, 2.75) is 0 Å². The Balaban J connectivity index is 2.45. The number of hydrogen-bond donors (Lipinski definition) is 1. The number of aromatic carboxylic acids is 1. The van der Waals surface area contributed by atoms with Crippen LogP contribution >= 0.6 is 11.6 Å². The van der Waals surface area contributed by atoms with Crippen molar-refractivity contribution in [3.63, 3.8) is 0 Å². The Morgan fingerprint density at radius 3 is 2.62 bits per heavy atom. The fourth-order valence-electron chi connectivity index (χ4n) is 1.81. The summed E-state index contributed by atoms with van der Waals surface area (Å²) in [7, 11) is 1.38. The number of halogens is 2. The summed E-state index contributed by atoms with van der Waals surface area (Å²) in [4.78, 5) is 28.2. The zero-order valence-electron chi connectivity index (χ0n) is 10.9. The van der Waals surface area contributed by atoms with Gasteiger partial charge in [0, 0.05) is 7.05 Å². The van der Waals surface area contributed by atoms with Gasteiger partial charge >= 0.3 is 5.97 Å². The summed E-state index contributed by atoms with van der Waals surface area (Å²) in [5.41, 5.74) is -0.0106. The molecule has 0 aliphatic heterocycles. The molecule has 7 heteroatoms. The van der Waals surface area contributed by atoms with E-state index in [2.05, 4.69) is 4.98 Å². The van der Waals surface area contributed by atoms with E-state index in [1.165, 1.54) is 19.2 Å². The van der Waals surface area contributed by atoms with E-state index < -0.39 is 17.7 Å². The first-order chi connectivity index (χ1) is 9.91. The molecule has 2 aromatic rings. The van der Waals surface area contributed by atoms with E-state index in [0.717, 1.165) is 17.2 Å². The maximum Gasteiger partial charge on any atom is 0.337 e. The molecular formula is C14H10ClFN2O3. The van der Waals surface area contributed by atoms with Crippen LogP contribution < -0.4 is 4.90 Å². The fraction of sp³-hybridized carbons (Fsp3) is 0.0714. The lowest BCUT2D eigenvalue weighted by Crippen LogP contribution is -2.28. The monoisotopic (exact) mass is 308 g/mol. The predicted molar refractivity (Wildman–Crippen MR) is 75.3 cm³/mol. The van der Waals surface area contributed by atoms with Gasteiger partial charge in [0.05, 0.1) is 23.0 Å². The Labute approximate surface area is 124 Å². The van der Waals surface area contributed by atoms with Crippen LogP contribution in [0.4, 0.5) is 10.1 Å². The number of anilines is 1. The van der Waals surface area contributed by atoms with Crippen molar-refractivity contribution in [3.8, 4) is 0 Å². The van der Waals surface area contributed by atoms with Gasteiger partial charge in [-0.2, -0.15) is 0 Å². The highest BCUT2D eigenvalue weighted by molar-refractivity contribution is 6.33. The third-order valence-corrected chi connectivity index (χ3v) is 3.14. The second-order valence-electron chi connectivity index (χ2n) is 4.18. The maximum atomic E-state index is 13.2. The van der Waals surface area contributed by atoms with Gasteiger partial charge in [-0.25, -0.2) is 14.2 Å². The predicted octanol–water partition coefficient (Wildman–Crippen LogP) is 2.85. The number of amides is 1. The summed E-state index contributed by atoms with van der Waals surface area (Å²) in [5, 5.41) is 8.98. The molecule has 1 heterocycles. The molecule has 1 aromatic carbocycles. The molecule has 0 aliphatic rings. The number of hydrogen-bond acceptors (Lipinski definition) is 3. The summed E-state index contributed by atoms with van der Waals surface area (Å²) in [6.07, 6.45) is 0.893. The number of carbonyl (C=O) groups is 2. The minimum Gasteiger partial charge on any atom is -0.478 e. The largest absolute Gasteiger partial charge is 0.478 e. The average molecular weight is 309 g/mol. The first kappa shape index (κ1) is 14.9. The van der Waals surface area contributed by atoms with Gasteiger partial charge in [0.15, 0.2) is 0 Å².